The van der Waals surface area contributed by atoms with Crippen molar-refractivity contribution in [3.63, 3.8) is 0 Å². The van der Waals surface area contributed by atoms with E-state index in [0.29, 0.717) is 34.7 Å². The van der Waals surface area contributed by atoms with E-state index in [1.54, 1.807) is 31.2 Å². The van der Waals surface area contributed by atoms with Crippen molar-refractivity contribution < 1.29 is 18.7 Å². The largest absolute Gasteiger partial charge is 0.485 e. The van der Waals surface area contributed by atoms with Crippen molar-refractivity contribution in [3.05, 3.63) is 41.6 Å². The van der Waals surface area contributed by atoms with Crippen molar-refractivity contribution in [2.45, 2.75) is 51.9 Å². The number of carbonyl (C=O) groups is 2. The lowest BCUT2D eigenvalue weighted by Crippen LogP contribution is -2.13. The Bertz CT molecular complexity index is 774. The molecule has 1 aliphatic carbocycles. The van der Waals surface area contributed by atoms with Crippen LogP contribution < -0.4 is 10.1 Å². The molecule has 1 N–H and O–H groups in total. The zero-order chi connectivity index (χ0) is 18.5. The lowest BCUT2D eigenvalue weighted by Gasteiger charge is -2.17. The van der Waals surface area contributed by atoms with Crippen LogP contribution in [0.25, 0.3) is 0 Å². The van der Waals surface area contributed by atoms with Gasteiger partial charge in [0, 0.05) is 18.5 Å². The number of aryl methyl sites for hydroxylation is 1. The summed E-state index contributed by atoms with van der Waals surface area (Å²) in [6, 6.07) is 6.87. The van der Waals surface area contributed by atoms with E-state index in [0.717, 1.165) is 12.8 Å². The van der Waals surface area contributed by atoms with Crippen molar-refractivity contribution in [1.82, 2.24) is 4.98 Å². The highest BCUT2D eigenvalue weighted by molar-refractivity contribution is 5.96. The zero-order valence-electron chi connectivity index (χ0n) is 15.2. The summed E-state index contributed by atoms with van der Waals surface area (Å²) in [6.07, 6.45) is 5.78. The Hall–Kier alpha value is -2.63. The molecule has 0 unspecified atom stereocenters. The van der Waals surface area contributed by atoms with E-state index >= 15 is 0 Å². The Balaban J connectivity index is 1.59. The summed E-state index contributed by atoms with van der Waals surface area (Å²) in [5.74, 6) is 1.79. The number of aromatic nitrogens is 1. The summed E-state index contributed by atoms with van der Waals surface area (Å²) in [7, 11) is 0. The molecule has 1 heterocycles. The molecular weight excluding hydrogens is 332 g/mol. The highest BCUT2D eigenvalue weighted by Crippen LogP contribution is 2.33. The van der Waals surface area contributed by atoms with Gasteiger partial charge in [-0.05, 0) is 44.0 Å². The van der Waals surface area contributed by atoms with Crippen LogP contribution in [-0.4, -0.2) is 23.3 Å². The first-order valence-corrected chi connectivity index (χ1v) is 9.04. The van der Waals surface area contributed by atoms with Gasteiger partial charge in [-0.3, -0.25) is 9.59 Å². The van der Waals surface area contributed by atoms with Gasteiger partial charge in [0.15, 0.2) is 18.2 Å². The summed E-state index contributed by atoms with van der Waals surface area (Å²) in [4.78, 5) is 27.9. The van der Waals surface area contributed by atoms with E-state index in [2.05, 4.69) is 10.3 Å². The fourth-order valence-electron chi connectivity index (χ4n) is 3.25. The van der Waals surface area contributed by atoms with Gasteiger partial charge in [-0.1, -0.05) is 19.3 Å². The minimum atomic E-state index is -0.195. The number of Topliss-reactive ketones (excluding diaryl/α,β-unsaturated/α-hetero) is 1. The maximum atomic E-state index is 12.4. The van der Waals surface area contributed by atoms with Crippen LogP contribution in [-0.2, 0) is 4.79 Å². The second-order valence-corrected chi connectivity index (χ2v) is 6.71. The number of nitrogens with one attached hydrogen (secondary N) is 1. The first-order valence-electron chi connectivity index (χ1n) is 9.04. The number of ether oxygens (including phenoxy) is 1. The molecule has 1 aliphatic rings. The molecule has 0 saturated heterocycles. The quantitative estimate of drug-likeness (QED) is 0.783. The molecule has 26 heavy (non-hydrogen) atoms. The summed E-state index contributed by atoms with van der Waals surface area (Å²) >= 11 is 0. The third-order valence-electron chi connectivity index (χ3n) is 4.58. The number of nitrogens with zero attached hydrogens (tertiary/aromatic N) is 1. The van der Waals surface area contributed by atoms with E-state index in [1.807, 2.05) is 0 Å². The number of rotatable bonds is 6. The van der Waals surface area contributed by atoms with Crippen LogP contribution in [0.15, 0.2) is 28.7 Å². The number of anilines is 1. The third kappa shape index (κ3) is 4.50. The van der Waals surface area contributed by atoms with Gasteiger partial charge in [-0.25, -0.2) is 4.98 Å². The highest BCUT2D eigenvalue weighted by Gasteiger charge is 2.24. The molecule has 1 amide bonds. The topological polar surface area (TPSA) is 81.4 Å². The van der Waals surface area contributed by atoms with E-state index < -0.39 is 0 Å². The standard InChI is InChI=1S/C20H24N2O4/c1-13-19(22-20(26-13)15-6-4-3-5-7-15)18(24)12-25-17-10-8-16(9-11-17)21-14(2)23/h8-11,15H,3-7,12H2,1-2H3,(H,21,23). The Morgan fingerprint density at radius 1 is 1.19 bits per heavy atom. The lowest BCUT2D eigenvalue weighted by molar-refractivity contribution is -0.114. The number of ketones is 1. The molecule has 1 saturated carbocycles. The molecule has 1 aromatic heterocycles. The number of amides is 1. The minimum Gasteiger partial charge on any atom is -0.485 e. The smallest absolute Gasteiger partial charge is 0.222 e. The Labute approximate surface area is 152 Å². The molecule has 0 bridgehead atoms. The first kappa shape index (κ1) is 18.2. The SMILES string of the molecule is CC(=O)Nc1ccc(OCC(=O)c2nc(C3CCCCC3)oc2C)cc1. The Kier molecular flexibility index (Phi) is 5.71. The molecule has 1 aromatic carbocycles. The maximum Gasteiger partial charge on any atom is 0.222 e. The molecular formula is C20H24N2O4. The van der Waals surface area contributed by atoms with Crippen molar-refractivity contribution in [2.24, 2.45) is 0 Å². The monoisotopic (exact) mass is 356 g/mol. The van der Waals surface area contributed by atoms with Crippen LogP contribution in [0.5, 0.6) is 5.75 Å². The van der Waals surface area contributed by atoms with Crippen molar-refractivity contribution in [1.29, 1.82) is 0 Å². The van der Waals surface area contributed by atoms with Crippen molar-refractivity contribution in [3.8, 4) is 5.75 Å². The van der Waals surface area contributed by atoms with Crippen LogP contribution in [0.3, 0.4) is 0 Å². The van der Waals surface area contributed by atoms with Crippen LogP contribution >= 0.6 is 0 Å². The Morgan fingerprint density at radius 2 is 1.88 bits per heavy atom. The maximum absolute atomic E-state index is 12.4. The van der Waals surface area contributed by atoms with Crippen LogP contribution in [0.1, 0.15) is 67.1 Å². The van der Waals surface area contributed by atoms with Gasteiger partial charge in [-0.15, -0.1) is 0 Å². The molecule has 0 spiro atoms. The molecule has 6 nitrogen and oxygen atoms in total. The van der Waals surface area contributed by atoms with Crippen LogP contribution in [0.2, 0.25) is 0 Å². The van der Waals surface area contributed by atoms with Gasteiger partial charge in [0.1, 0.15) is 11.5 Å². The van der Waals surface area contributed by atoms with E-state index in [1.165, 1.54) is 26.2 Å². The predicted molar refractivity (Wildman–Crippen MR) is 97.6 cm³/mol. The molecule has 138 valence electrons. The third-order valence-corrected chi connectivity index (χ3v) is 4.58. The van der Waals surface area contributed by atoms with Gasteiger partial charge in [-0.2, -0.15) is 0 Å². The molecule has 6 heteroatoms. The van der Waals surface area contributed by atoms with Gasteiger partial charge in [0.2, 0.25) is 11.7 Å². The highest BCUT2D eigenvalue weighted by atomic mass is 16.5. The minimum absolute atomic E-state index is 0.100. The summed E-state index contributed by atoms with van der Waals surface area (Å²) in [5.41, 5.74) is 1.04. The van der Waals surface area contributed by atoms with E-state index in [-0.39, 0.29) is 18.3 Å². The van der Waals surface area contributed by atoms with E-state index in [4.69, 9.17) is 9.15 Å². The Morgan fingerprint density at radius 3 is 2.54 bits per heavy atom. The second-order valence-electron chi connectivity index (χ2n) is 6.71. The van der Waals surface area contributed by atoms with Gasteiger partial charge >= 0.3 is 0 Å². The molecule has 1 fully saturated rings. The molecule has 3 rings (SSSR count). The zero-order valence-corrected chi connectivity index (χ0v) is 15.2. The predicted octanol–water partition coefficient (Wildman–Crippen LogP) is 4.25. The average molecular weight is 356 g/mol. The normalized spacial score (nSPS) is 14.8. The van der Waals surface area contributed by atoms with Gasteiger partial charge in [0.05, 0.1) is 0 Å². The van der Waals surface area contributed by atoms with Crippen molar-refractivity contribution >= 4 is 17.4 Å². The lowest BCUT2D eigenvalue weighted by atomic mass is 9.89. The van der Waals surface area contributed by atoms with E-state index in [9.17, 15) is 9.59 Å². The first-order chi connectivity index (χ1) is 12.5. The average Bonchev–Trinajstić information content (AvgIpc) is 3.03. The number of hydrogen-bond acceptors (Lipinski definition) is 5. The second kappa shape index (κ2) is 8.17. The summed E-state index contributed by atoms with van der Waals surface area (Å²) < 4.78 is 11.3. The molecule has 0 atom stereocenters. The van der Waals surface area contributed by atoms with Crippen LogP contribution in [0.4, 0.5) is 5.69 Å². The number of benzene rings is 1. The molecule has 0 aliphatic heterocycles. The number of hydrogen-bond donors (Lipinski definition) is 1. The fourth-order valence-corrected chi connectivity index (χ4v) is 3.25. The summed E-state index contributed by atoms with van der Waals surface area (Å²) in [5, 5.41) is 2.68. The van der Waals surface area contributed by atoms with Crippen LogP contribution in [0, 0.1) is 6.92 Å². The molecule has 2 aromatic rings. The fraction of sp³-hybridized carbons (Fsp3) is 0.450. The number of carbonyl (C=O) groups excluding carboxylic acids is 2. The van der Waals surface area contributed by atoms with Gasteiger partial charge < -0.3 is 14.5 Å². The molecule has 0 radical (unpaired) electrons. The summed E-state index contributed by atoms with van der Waals surface area (Å²) in [6.45, 7) is 3.12. The van der Waals surface area contributed by atoms with Crippen molar-refractivity contribution in [2.75, 3.05) is 11.9 Å². The van der Waals surface area contributed by atoms with Gasteiger partial charge in [0.25, 0.3) is 0 Å². The number of oxazole rings is 1.